The molecular weight excluding hydrogens is 410 g/mol. The van der Waals surface area contributed by atoms with Gasteiger partial charge in [0, 0.05) is 29.4 Å². The highest BCUT2D eigenvalue weighted by atomic mass is 32.2. The standard InChI is InChI=1S/C20H17N3O4S2/c21-29(26,27)17-9-5-15(6-10-17)23-19(24)13-18(20(23)25)28-16-7-3-14(4-8-16)22-11-1-2-12-22/h1-12,18H,13H2,(H2,21,26,27). The van der Waals surface area contributed by atoms with Crippen molar-refractivity contribution >= 4 is 39.3 Å². The van der Waals surface area contributed by atoms with Gasteiger partial charge in [-0.3, -0.25) is 9.59 Å². The van der Waals surface area contributed by atoms with E-state index in [0.717, 1.165) is 15.5 Å². The quantitative estimate of drug-likeness (QED) is 0.631. The van der Waals surface area contributed by atoms with Crippen LogP contribution in [0.5, 0.6) is 0 Å². The molecule has 0 spiro atoms. The molecule has 1 atom stereocenters. The summed E-state index contributed by atoms with van der Waals surface area (Å²) in [6.07, 6.45) is 3.97. The molecule has 0 radical (unpaired) electrons. The van der Waals surface area contributed by atoms with Gasteiger partial charge in [0.05, 0.1) is 15.8 Å². The largest absolute Gasteiger partial charge is 0.324 e. The van der Waals surface area contributed by atoms with Gasteiger partial charge in [0.1, 0.15) is 0 Å². The number of imide groups is 1. The van der Waals surface area contributed by atoms with Crippen molar-refractivity contribution in [3.63, 3.8) is 0 Å². The number of nitrogens with two attached hydrogens (primary N) is 1. The van der Waals surface area contributed by atoms with Crippen LogP contribution in [0.4, 0.5) is 5.69 Å². The lowest BCUT2D eigenvalue weighted by atomic mass is 10.3. The lowest BCUT2D eigenvalue weighted by Gasteiger charge is -2.15. The predicted octanol–water partition coefficient (Wildman–Crippen LogP) is 2.55. The molecule has 0 bridgehead atoms. The maximum absolute atomic E-state index is 12.8. The second-order valence-corrected chi connectivity index (χ2v) is 9.34. The maximum Gasteiger partial charge on any atom is 0.247 e. The molecular formula is C20H17N3O4S2. The minimum Gasteiger partial charge on any atom is -0.324 e. The number of carbonyl (C=O) groups is 2. The van der Waals surface area contributed by atoms with Gasteiger partial charge in [-0.15, -0.1) is 11.8 Å². The molecule has 29 heavy (non-hydrogen) atoms. The van der Waals surface area contributed by atoms with E-state index in [1.54, 1.807) is 0 Å². The van der Waals surface area contributed by atoms with E-state index < -0.39 is 15.3 Å². The Kier molecular flexibility index (Phi) is 5.03. The van der Waals surface area contributed by atoms with Crippen LogP contribution in [0.1, 0.15) is 6.42 Å². The number of sulfonamides is 1. The normalized spacial score (nSPS) is 17.1. The molecule has 3 aromatic rings. The summed E-state index contributed by atoms with van der Waals surface area (Å²) < 4.78 is 24.7. The van der Waals surface area contributed by atoms with Crippen molar-refractivity contribution in [3.05, 3.63) is 73.1 Å². The summed E-state index contributed by atoms with van der Waals surface area (Å²) in [7, 11) is -3.84. The highest BCUT2D eigenvalue weighted by Crippen LogP contribution is 2.34. The zero-order valence-electron chi connectivity index (χ0n) is 15.1. The molecule has 1 aromatic heterocycles. The topological polar surface area (TPSA) is 102 Å². The van der Waals surface area contributed by atoms with Crippen molar-refractivity contribution < 1.29 is 18.0 Å². The molecule has 9 heteroatoms. The first-order chi connectivity index (χ1) is 13.8. The SMILES string of the molecule is NS(=O)(=O)c1ccc(N2C(=O)CC(Sc3ccc(-n4cccc4)cc3)C2=O)cc1. The zero-order valence-corrected chi connectivity index (χ0v) is 16.8. The van der Waals surface area contributed by atoms with Crippen molar-refractivity contribution in [3.8, 4) is 5.69 Å². The summed E-state index contributed by atoms with van der Waals surface area (Å²) in [5, 5.41) is 4.55. The van der Waals surface area contributed by atoms with Crippen LogP contribution in [-0.2, 0) is 19.6 Å². The van der Waals surface area contributed by atoms with E-state index in [1.807, 2.05) is 53.4 Å². The summed E-state index contributed by atoms with van der Waals surface area (Å²) in [4.78, 5) is 27.1. The van der Waals surface area contributed by atoms with E-state index in [-0.39, 0.29) is 23.1 Å². The molecule has 2 aromatic carbocycles. The van der Waals surface area contributed by atoms with Crippen molar-refractivity contribution in [2.24, 2.45) is 5.14 Å². The molecule has 2 N–H and O–H groups in total. The second-order valence-electron chi connectivity index (χ2n) is 6.50. The smallest absolute Gasteiger partial charge is 0.247 e. The average Bonchev–Trinajstić information content (AvgIpc) is 3.31. The molecule has 7 nitrogen and oxygen atoms in total. The van der Waals surface area contributed by atoms with Crippen molar-refractivity contribution in [2.45, 2.75) is 21.5 Å². The fraction of sp³-hybridized carbons (Fsp3) is 0.100. The number of benzene rings is 2. The fourth-order valence-electron chi connectivity index (χ4n) is 3.12. The van der Waals surface area contributed by atoms with E-state index in [0.29, 0.717) is 5.69 Å². The van der Waals surface area contributed by atoms with E-state index in [9.17, 15) is 18.0 Å². The van der Waals surface area contributed by atoms with Crippen LogP contribution in [0.15, 0.2) is 82.8 Å². The Morgan fingerprint density at radius 2 is 1.48 bits per heavy atom. The number of carbonyl (C=O) groups excluding carboxylic acids is 2. The third-order valence-electron chi connectivity index (χ3n) is 4.55. The Balaban J connectivity index is 1.49. The van der Waals surface area contributed by atoms with E-state index in [4.69, 9.17) is 5.14 Å². The molecule has 1 fully saturated rings. The van der Waals surface area contributed by atoms with E-state index >= 15 is 0 Å². The summed E-state index contributed by atoms with van der Waals surface area (Å²) in [6.45, 7) is 0. The number of hydrogen-bond donors (Lipinski definition) is 1. The molecule has 4 rings (SSSR count). The number of anilines is 1. The van der Waals surface area contributed by atoms with Crippen LogP contribution >= 0.6 is 11.8 Å². The second kappa shape index (κ2) is 7.51. The highest BCUT2D eigenvalue weighted by molar-refractivity contribution is 8.00. The maximum atomic E-state index is 12.8. The van der Waals surface area contributed by atoms with Crippen LogP contribution in [0, 0.1) is 0 Å². The monoisotopic (exact) mass is 427 g/mol. The Bertz CT molecular complexity index is 1160. The third-order valence-corrected chi connectivity index (χ3v) is 6.67. The van der Waals surface area contributed by atoms with E-state index in [1.165, 1.54) is 36.0 Å². The molecule has 1 aliphatic rings. The molecule has 148 valence electrons. The van der Waals surface area contributed by atoms with Crippen LogP contribution in [0.25, 0.3) is 5.69 Å². The van der Waals surface area contributed by atoms with Crippen molar-refractivity contribution in [1.29, 1.82) is 0 Å². The highest BCUT2D eigenvalue weighted by Gasteiger charge is 2.40. The molecule has 2 heterocycles. The van der Waals surface area contributed by atoms with Gasteiger partial charge < -0.3 is 4.57 Å². The van der Waals surface area contributed by atoms with Gasteiger partial charge in [-0.2, -0.15) is 0 Å². The van der Waals surface area contributed by atoms with Gasteiger partial charge in [-0.1, -0.05) is 0 Å². The molecule has 0 aliphatic carbocycles. The van der Waals surface area contributed by atoms with Crippen molar-refractivity contribution in [1.82, 2.24) is 4.57 Å². The fourth-order valence-corrected chi connectivity index (χ4v) is 4.69. The third kappa shape index (κ3) is 3.98. The van der Waals surface area contributed by atoms with Gasteiger partial charge in [-0.25, -0.2) is 18.5 Å². The molecule has 2 amide bonds. The van der Waals surface area contributed by atoms with Crippen LogP contribution in [0.2, 0.25) is 0 Å². The van der Waals surface area contributed by atoms with Gasteiger partial charge in [-0.05, 0) is 60.7 Å². The predicted molar refractivity (Wildman–Crippen MR) is 110 cm³/mol. The minimum atomic E-state index is -3.84. The lowest BCUT2D eigenvalue weighted by Crippen LogP contribution is -2.31. The van der Waals surface area contributed by atoms with E-state index in [2.05, 4.69) is 0 Å². The van der Waals surface area contributed by atoms with Crippen molar-refractivity contribution in [2.75, 3.05) is 4.90 Å². The molecule has 1 unspecified atom stereocenters. The summed E-state index contributed by atoms with van der Waals surface area (Å²) >= 11 is 1.34. The Morgan fingerprint density at radius 1 is 0.897 bits per heavy atom. The number of hydrogen-bond acceptors (Lipinski definition) is 5. The van der Waals surface area contributed by atoms with Gasteiger partial charge in [0.15, 0.2) is 0 Å². The number of thioether (sulfide) groups is 1. The Hall–Kier alpha value is -2.88. The van der Waals surface area contributed by atoms with Gasteiger partial charge in [0.2, 0.25) is 21.8 Å². The number of rotatable bonds is 5. The number of nitrogens with zero attached hydrogens (tertiary/aromatic N) is 2. The van der Waals surface area contributed by atoms with Gasteiger partial charge >= 0.3 is 0 Å². The number of primary sulfonamides is 1. The lowest BCUT2D eigenvalue weighted by molar-refractivity contribution is -0.121. The van der Waals surface area contributed by atoms with Gasteiger partial charge in [0.25, 0.3) is 0 Å². The summed E-state index contributed by atoms with van der Waals surface area (Å²) in [6, 6.07) is 17.0. The van der Waals surface area contributed by atoms with Crippen LogP contribution < -0.4 is 10.0 Å². The molecule has 0 saturated carbocycles. The zero-order chi connectivity index (χ0) is 20.6. The minimum absolute atomic E-state index is 0.0750. The summed E-state index contributed by atoms with van der Waals surface area (Å²) in [5.41, 5.74) is 1.34. The Morgan fingerprint density at radius 3 is 2.07 bits per heavy atom. The van der Waals surface area contributed by atoms with Crippen LogP contribution in [0.3, 0.4) is 0 Å². The Labute approximate surface area is 172 Å². The number of aromatic nitrogens is 1. The first kappa shape index (κ1) is 19.4. The molecule has 1 aliphatic heterocycles. The first-order valence-electron chi connectivity index (χ1n) is 8.73. The summed E-state index contributed by atoms with van der Waals surface area (Å²) in [5.74, 6) is -0.641. The first-order valence-corrected chi connectivity index (χ1v) is 11.2. The molecule has 1 saturated heterocycles. The average molecular weight is 428 g/mol. The van der Waals surface area contributed by atoms with Crippen LogP contribution in [-0.4, -0.2) is 30.0 Å². The number of amides is 2.